The van der Waals surface area contributed by atoms with Crippen LogP contribution in [0.5, 0.6) is 5.75 Å². The summed E-state index contributed by atoms with van der Waals surface area (Å²) in [6.45, 7) is 0. The van der Waals surface area contributed by atoms with Crippen LogP contribution in [0.1, 0.15) is 24.3 Å². The highest BCUT2D eigenvalue weighted by atomic mass is 32.2. The zero-order valence-electron chi connectivity index (χ0n) is 16.2. The van der Waals surface area contributed by atoms with Crippen LogP contribution in [0.2, 0.25) is 0 Å². The lowest BCUT2D eigenvalue weighted by Crippen LogP contribution is -2.30. The number of aromatic hydroxyl groups is 1. The van der Waals surface area contributed by atoms with E-state index in [1.165, 1.54) is 12.1 Å². The number of sulfonamides is 1. The van der Waals surface area contributed by atoms with Crippen molar-refractivity contribution < 1.29 is 36.6 Å². The number of phenolic OH excluding ortho intramolecular Hbond substituents is 1. The molecule has 4 N–H and O–H groups in total. The Morgan fingerprint density at radius 3 is 2.32 bits per heavy atom. The minimum Gasteiger partial charge on any atom is -0.508 e. The predicted molar refractivity (Wildman–Crippen MR) is 109 cm³/mol. The van der Waals surface area contributed by atoms with Crippen LogP contribution in [0.25, 0.3) is 11.1 Å². The second-order valence-corrected chi connectivity index (χ2v) is 8.56. The number of nitrogens with zero attached hydrogens (tertiary/aromatic N) is 1. The fraction of sp³-hybridized carbons (Fsp3) is 0.300. The third-order valence-corrected chi connectivity index (χ3v) is 5.71. The summed E-state index contributed by atoms with van der Waals surface area (Å²) in [6, 6.07) is 11.1. The van der Waals surface area contributed by atoms with E-state index in [2.05, 4.69) is 4.40 Å². The highest BCUT2D eigenvalue weighted by molar-refractivity contribution is 7.90. The third-order valence-electron chi connectivity index (χ3n) is 4.48. The van der Waals surface area contributed by atoms with E-state index in [1.54, 1.807) is 30.3 Å². The Bertz CT molecular complexity index is 1040. The number of hydrogen-bond acceptors (Lipinski definition) is 5. The van der Waals surface area contributed by atoms with Gasteiger partial charge in [0.05, 0.1) is 11.7 Å². The number of benzene rings is 2. The van der Waals surface area contributed by atoms with Crippen LogP contribution >= 0.6 is 0 Å². The number of hydrogen-bond donors (Lipinski definition) is 3. The lowest BCUT2D eigenvalue weighted by Gasteiger charge is -2.21. The third kappa shape index (κ3) is 7.07. The number of aliphatic carboxylic acids is 1. The van der Waals surface area contributed by atoms with Crippen LogP contribution < -0.4 is 5.73 Å². The Morgan fingerprint density at radius 1 is 1.13 bits per heavy atom. The number of carbonyl (C=O) groups is 1. The molecule has 2 aromatic carbocycles. The monoisotopic (exact) mass is 458 g/mol. The van der Waals surface area contributed by atoms with Gasteiger partial charge in [-0.3, -0.25) is 4.79 Å². The van der Waals surface area contributed by atoms with E-state index in [9.17, 15) is 31.5 Å². The van der Waals surface area contributed by atoms with Gasteiger partial charge in [0.2, 0.25) is 0 Å². The maximum atomic E-state index is 13.6. The van der Waals surface area contributed by atoms with Gasteiger partial charge in [-0.05, 0) is 23.6 Å². The van der Waals surface area contributed by atoms with E-state index in [0.717, 1.165) is 12.3 Å². The van der Waals surface area contributed by atoms with Crippen molar-refractivity contribution in [2.24, 2.45) is 10.1 Å². The van der Waals surface area contributed by atoms with E-state index in [1.807, 2.05) is 0 Å². The Labute approximate surface area is 177 Å². The summed E-state index contributed by atoms with van der Waals surface area (Å²) < 4.78 is 67.9. The van der Waals surface area contributed by atoms with Gasteiger partial charge in [0.1, 0.15) is 11.8 Å². The molecule has 0 radical (unpaired) electrons. The van der Waals surface area contributed by atoms with Gasteiger partial charge in [-0.15, -0.1) is 0 Å². The number of alkyl halides is 3. The van der Waals surface area contributed by atoms with Gasteiger partial charge in [0, 0.05) is 18.2 Å². The number of nitrogens with two attached hydrogens (primary N) is 1. The first-order chi connectivity index (χ1) is 14.4. The molecule has 2 aromatic rings. The number of carboxylic acid groups (broad SMARTS) is 1. The molecule has 31 heavy (non-hydrogen) atoms. The van der Waals surface area contributed by atoms with Crippen LogP contribution in [0.15, 0.2) is 52.9 Å². The van der Waals surface area contributed by atoms with Crippen molar-refractivity contribution in [3.8, 4) is 16.9 Å². The quantitative estimate of drug-likeness (QED) is 0.495. The summed E-state index contributed by atoms with van der Waals surface area (Å²) in [5.74, 6) is -5.15. The zero-order valence-corrected chi connectivity index (χ0v) is 17.0. The summed E-state index contributed by atoms with van der Waals surface area (Å²) in [5, 5.41) is 18.9. The molecule has 0 heterocycles. The summed E-state index contributed by atoms with van der Waals surface area (Å²) >= 11 is 0. The molecular weight excluding hydrogens is 437 g/mol. The molecule has 0 aliphatic rings. The molecule has 0 aliphatic carbocycles. The molecule has 0 spiro atoms. The van der Waals surface area contributed by atoms with E-state index >= 15 is 0 Å². The van der Waals surface area contributed by atoms with Crippen molar-refractivity contribution in [3.05, 3.63) is 54.1 Å². The summed E-state index contributed by atoms with van der Waals surface area (Å²) in [7, 11) is -4.29. The minimum atomic E-state index is -4.81. The van der Waals surface area contributed by atoms with Crippen LogP contribution in [0.3, 0.4) is 0 Å². The second kappa shape index (κ2) is 9.92. The summed E-state index contributed by atoms with van der Waals surface area (Å²) in [5.41, 5.74) is 5.97. The molecule has 2 atom stereocenters. The van der Waals surface area contributed by atoms with Crippen molar-refractivity contribution in [2.75, 3.05) is 5.75 Å². The lowest BCUT2D eigenvalue weighted by molar-refractivity contribution is -0.151. The van der Waals surface area contributed by atoms with Crippen LogP contribution in [0.4, 0.5) is 13.2 Å². The molecule has 2 rings (SSSR count). The van der Waals surface area contributed by atoms with Gasteiger partial charge < -0.3 is 15.9 Å². The molecule has 168 valence electrons. The van der Waals surface area contributed by atoms with E-state index < -0.39 is 57.6 Å². The molecule has 0 fully saturated rings. The first-order valence-corrected chi connectivity index (χ1v) is 10.7. The smallest absolute Gasteiger partial charge is 0.395 e. The summed E-state index contributed by atoms with van der Waals surface area (Å²) in [6.07, 6.45) is -5.31. The van der Waals surface area contributed by atoms with E-state index in [0.29, 0.717) is 11.1 Å². The predicted octanol–water partition coefficient (Wildman–Crippen LogP) is 3.30. The van der Waals surface area contributed by atoms with Crippen LogP contribution in [-0.2, 0) is 14.8 Å². The second-order valence-electron chi connectivity index (χ2n) is 6.78. The largest absolute Gasteiger partial charge is 0.508 e. The van der Waals surface area contributed by atoms with E-state index in [4.69, 9.17) is 10.8 Å². The zero-order chi connectivity index (χ0) is 23.2. The molecule has 0 aromatic heterocycles. The van der Waals surface area contributed by atoms with Gasteiger partial charge in [-0.25, -0.2) is 8.42 Å². The molecule has 7 nitrogen and oxygen atoms in total. The maximum absolute atomic E-state index is 13.6. The van der Waals surface area contributed by atoms with Gasteiger partial charge in [-0.1, -0.05) is 42.5 Å². The van der Waals surface area contributed by atoms with Gasteiger partial charge >= 0.3 is 12.1 Å². The first-order valence-electron chi connectivity index (χ1n) is 9.10. The Kier molecular flexibility index (Phi) is 7.80. The fourth-order valence-corrected chi connectivity index (χ4v) is 3.79. The maximum Gasteiger partial charge on any atom is 0.395 e. The minimum absolute atomic E-state index is 0.390. The molecule has 0 bridgehead atoms. The average molecular weight is 458 g/mol. The standard InChI is InChI=1S/C20H21F3N2O5S/c21-20(22,23)16(9-11-31(29,30)25-10-8-17(24)19(27)28)15-7-6-14(12-18(15)26)13-4-2-1-3-5-13/h1-7,10,12,16-17,26H,8-9,11,24H2,(H,27,28)/t16?,17-/m0/s1. The topological polar surface area (TPSA) is 130 Å². The van der Waals surface area contributed by atoms with Gasteiger partial charge in [0.25, 0.3) is 10.0 Å². The molecule has 0 aliphatic heterocycles. The van der Waals surface area contributed by atoms with E-state index in [-0.39, 0.29) is 6.42 Å². The Balaban J connectivity index is 2.19. The fourth-order valence-electron chi connectivity index (χ4n) is 2.83. The molecule has 11 heteroatoms. The first kappa shape index (κ1) is 24.4. The molecular formula is C20H21F3N2O5S. The van der Waals surface area contributed by atoms with Gasteiger partial charge in [-0.2, -0.15) is 17.6 Å². The normalized spacial score (nSPS) is 14.5. The van der Waals surface area contributed by atoms with Gasteiger partial charge in [0.15, 0.2) is 0 Å². The van der Waals surface area contributed by atoms with Crippen LogP contribution in [-0.4, -0.2) is 48.8 Å². The number of halogens is 3. The number of phenols is 1. The van der Waals surface area contributed by atoms with Crippen molar-refractivity contribution in [2.45, 2.75) is 31.0 Å². The SMILES string of the molecule is N[C@@H](CC=NS(=O)(=O)CCC(c1ccc(-c2ccccc2)cc1O)C(F)(F)F)C(=O)O. The molecule has 0 saturated carbocycles. The number of rotatable bonds is 9. The molecule has 1 unspecified atom stereocenters. The van der Waals surface area contributed by atoms with Crippen molar-refractivity contribution in [3.63, 3.8) is 0 Å². The van der Waals surface area contributed by atoms with Crippen molar-refractivity contribution in [1.82, 2.24) is 0 Å². The van der Waals surface area contributed by atoms with Crippen molar-refractivity contribution in [1.29, 1.82) is 0 Å². The molecule has 0 amide bonds. The Hall–Kier alpha value is -2.92. The average Bonchev–Trinajstić information content (AvgIpc) is 2.68. The molecule has 0 saturated heterocycles. The van der Waals surface area contributed by atoms with Crippen LogP contribution in [0, 0.1) is 0 Å². The number of carboxylic acids is 1. The summed E-state index contributed by atoms with van der Waals surface area (Å²) in [4.78, 5) is 10.6. The lowest BCUT2D eigenvalue weighted by atomic mass is 9.92. The van der Waals surface area contributed by atoms with Crippen molar-refractivity contribution >= 4 is 22.2 Å². The highest BCUT2D eigenvalue weighted by Gasteiger charge is 2.42. The Morgan fingerprint density at radius 2 is 1.77 bits per heavy atom. The highest BCUT2D eigenvalue weighted by Crippen LogP contribution is 2.42.